The largest absolute Gasteiger partial charge is 0.417 e. The molecule has 0 unspecified atom stereocenters. The van der Waals surface area contributed by atoms with Crippen LogP contribution in [0, 0.1) is 0 Å². The van der Waals surface area contributed by atoms with E-state index in [0.717, 1.165) is 31.4 Å². The summed E-state index contributed by atoms with van der Waals surface area (Å²) in [5, 5.41) is 4.21. The van der Waals surface area contributed by atoms with E-state index in [1.54, 1.807) is 12.1 Å². The number of unbranched alkanes of at least 4 members (excludes halogenated alkanes) is 2. The van der Waals surface area contributed by atoms with Crippen molar-refractivity contribution < 1.29 is 13.5 Å². The van der Waals surface area contributed by atoms with E-state index in [4.69, 9.17) is 0 Å². The number of halogens is 2. The second-order valence-corrected chi connectivity index (χ2v) is 3.78. The van der Waals surface area contributed by atoms with Gasteiger partial charge in [0, 0.05) is 6.07 Å². The van der Waals surface area contributed by atoms with E-state index in [9.17, 15) is 8.78 Å². The fraction of sp³-hybridized carbons (Fsp3) is 0.583. The van der Waals surface area contributed by atoms with E-state index in [-0.39, 0.29) is 5.88 Å². The van der Waals surface area contributed by atoms with Crippen LogP contribution in [0.1, 0.15) is 31.9 Å². The molecule has 0 aliphatic heterocycles. The highest BCUT2D eigenvalue weighted by molar-refractivity contribution is 5.17. The molecule has 5 heteroatoms. The van der Waals surface area contributed by atoms with Crippen molar-refractivity contribution in [2.24, 2.45) is 0 Å². The third-order valence-electron chi connectivity index (χ3n) is 2.34. The number of alkyl halides is 2. The lowest BCUT2D eigenvalue weighted by Gasteiger charge is -2.05. The minimum absolute atomic E-state index is 0.103. The minimum atomic E-state index is -2.82. The quantitative estimate of drug-likeness (QED) is 0.517. The van der Waals surface area contributed by atoms with Crippen LogP contribution < -0.4 is 4.74 Å². The molecule has 0 saturated heterocycles. The molecule has 17 heavy (non-hydrogen) atoms. The van der Waals surface area contributed by atoms with Gasteiger partial charge in [-0.15, -0.1) is 6.58 Å². The van der Waals surface area contributed by atoms with Gasteiger partial charge in [-0.2, -0.15) is 13.9 Å². The maximum atomic E-state index is 12.2. The average Bonchev–Trinajstić information content (AvgIpc) is 2.61. The summed E-state index contributed by atoms with van der Waals surface area (Å²) in [6.07, 6.45) is 5.63. The van der Waals surface area contributed by atoms with Crippen molar-refractivity contribution >= 4 is 0 Å². The van der Waals surface area contributed by atoms with Gasteiger partial charge in [0.05, 0.1) is 12.2 Å². The SMILES string of the molecule is C=CCn1nc(CCCCC)cc1OC(F)F. The maximum absolute atomic E-state index is 12.2. The van der Waals surface area contributed by atoms with Gasteiger partial charge in [-0.3, -0.25) is 0 Å². The number of nitrogens with zero attached hydrogens (tertiary/aromatic N) is 2. The van der Waals surface area contributed by atoms with Gasteiger partial charge in [0.2, 0.25) is 5.88 Å². The molecule has 0 bridgehead atoms. The molecular weight excluding hydrogens is 226 g/mol. The average molecular weight is 244 g/mol. The highest BCUT2D eigenvalue weighted by Gasteiger charge is 2.12. The number of hydrogen-bond donors (Lipinski definition) is 0. The van der Waals surface area contributed by atoms with Crippen molar-refractivity contribution in [2.45, 2.75) is 45.8 Å². The summed E-state index contributed by atoms with van der Waals surface area (Å²) >= 11 is 0. The Morgan fingerprint density at radius 2 is 2.29 bits per heavy atom. The second-order valence-electron chi connectivity index (χ2n) is 3.78. The second kappa shape index (κ2) is 7.04. The Balaban J connectivity index is 2.68. The normalized spacial score (nSPS) is 10.8. The van der Waals surface area contributed by atoms with Crippen LogP contribution in [0.5, 0.6) is 5.88 Å². The van der Waals surface area contributed by atoms with Gasteiger partial charge in [0.1, 0.15) is 0 Å². The van der Waals surface area contributed by atoms with Crippen molar-refractivity contribution in [3.8, 4) is 5.88 Å². The number of aryl methyl sites for hydroxylation is 1. The van der Waals surface area contributed by atoms with Crippen molar-refractivity contribution in [3.05, 3.63) is 24.4 Å². The molecule has 0 radical (unpaired) electrons. The van der Waals surface area contributed by atoms with Crippen LogP contribution in [0.2, 0.25) is 0 Å². The van der Waals surface area contributed by atoms with Crippen LogP contribution in [-0.2, 0) is 13.0 Å². The fourth-order valence-corrected chi connectivity index (χ4v) is 1.57. The summed E-state index contributed by atoms with van der Waals surface area (Å²) in [5.41, 5.74) is 0.788. The molecule has 3 nitrogen and oxygen atoms in total. The molecule has 0 aromatic carbocycles. The van der Waals surface area contributed by atoms with Crippen LogP contribution in [0.3, 0.4) is 0 Å². The topological polar surface area (TPSA) is 27.1 Å². The van der Waals surface area contributed by atoms with E-state index in [1.807, 2.05) is 0 Å². The van der Waals surface area contributed by atoms with E-state index in [2.05, 4.69) is 23.3 Å². The summed E-state index contributed by atoms with van der Waals surface area (Å²) in [4.78, 5) is 0. The Kier molecular flexibility index (Phi) is 5.66. The van der Waals surface area contributed by atoms with Gasteiger partial charge in [-0.1, -0.05) is 25.8 Å². The Bertz CT molecular complexity index is 350. The maximum Gasteiger partial charge on any atom is 0.388 e. The first-order chi connectivity index (χ1) is 8.17. The highest BCUT2D eigenvalue weighted by atomic mass is 19.3. The van der Waals surface area contributed by atoms with Gasteiger partial charge in [0.25, 0.3) is 0 Å². The number of aromatic nitrogens is 2. The van der Waals surface area contributed by atoms with E-state index < -0.39 is 6.61 Å². The summed E-state index contributed by atoms with van der Waals surface area (Å²) in [6, 6.07) is 1.57. The highest BCUT2D eigenvalue weighted by Crippen LogP contribution is 2.18. The first-order valence-corrected chi connectivity index (χ1v) is 5.79. The summed E-state index contributed by atoms with van der Waals surface area (Å²) < 4.78 is 30.1. The van der Waals surface area contributed by atoms with Gasteiger partial charge in [0.15, 0.2) is 0 Å². The molecule has 0 amide bonds. The molecule has 1 aromatic rings. The van der Waals surface area contributed by atoms with Crippen molar-refractivity contribution in [1.82, 2.24) is 9.78 Å². The fourth-order valence-electron chi connectivity index (χ4n) is 1.57. The van der Waals surface area contributed by atoms with Crippen LogP contribution in [0.15, 0.2) is 18.7 Å². The molecular formula is C12H18F2N2O. The van der Waals surface area contributed by atoms with Crippen LogP contribution in [-0.4, -0.2) is 16.4 Å². The molecule has 1 heterocycles. The zero-order valence-corrected chi connectivity index (χ0v) is 10.0. The number of rotatable bonds is 8. The molecule has 1 rings (SSSR count). The lowest BCUT2D eigenvalue weighted by atomic mass is 10.2. The van der Waals surface area contributed by atoms with Crippen LogP contribution in [0.4, 0.5) is 8.78 Å². The van der Waals surface area contributed by atoms with Crippen molar-refractivity contribution in [3.63, 3.8) is 0 Å². The zero-order chi connectivity index (χ0) is 12.7. The molecule has 0 aliphatic carbocycles. The zero-order valence-electron chi connectivity index (χ0n) is 10.0. The van der Waals surface area contributed by atoms with Crippen molar-refractivity contribution in [1.29, 1.82) is 0 Å². The Morgan fingerprint density at radius 3 is 2.88 bits per heavy atom. The molecule has 96 valence electrons. The van der Waals surface area contributed by atoms with Crippen LogP contribution in [0.25, 0.3) is 0 Å². The Morgan fingerprint density at radius 1 is 1.53 bits per heavy atom. The predicted octanol–water partition coefficient (Wildman–Crippen LogP) is 3.40. The molecule has 0 spiro atoms. The third-order valence-corrected chi connectivity index (χ3v) is 2.34. The van der Waals surface area contributed by atoms with Gasteiger partial charge in [-0.25, -0.2) is 4.68 Å². The summed E-state index contributed by atoms with van der Waals surface area (Å²) in [6.45, 7) is 3.22. The van der Waals surface area contributed by atoms with Crippen molar-refractivity contribution in [2.75, 3.05) is 0 Å². The van der Waals surface area contributed by atoms with Gasteiger partial charge in [-0.05, 0) is 12.8 Å². The first-order valence-electron chi connectivity index (χ1n) is 5.79. The lowest BCUT2D eigenvalue weighted by Crippen LogP contribution is -2.08. The number of hydrogen-bond acceptors (Lipinski definition) is 2. The monoisotopic (exact) mass is 244 g/mol. The smallest absolute Gasteiger partial charge is 0.388 e. The van der Waals surface area contributed by atoms with E-state index in [0.29, 0.717) is 6.54 Å². The number of allylic oxidation sites excluding steroid dienone is 1. The first kappa shape index (κ1) is 13.7. The predicted molar refractivity (Wildman–Crippen MR) is 62.3 cm³/mol. The lowest BCUT2D eigenvalue weighted by molar-refractivity contribution is -0.0556. The standard InChI is InChI=1S/C12H18F2N2O/c1-3-5-6-7-10-9-11(17-12(13)14)16(15-10)8-4-2/h4,9,12H,2-3,5-8H2,1H3. The molecule has 0 fully saturated rings. The van der Waals surface area contributed by atoms with E-state index in [1.165, 1.54) is 4.68 Å². The molecule has 0 atom stereocenters. The summed E-state index contributed by atoms with van der Waals surface area (Å²) in [7, 11) is 0. The molecule has 1 aromatic heterocycles. The molecule has 0 aliphatic rings. The van der Waals surface area contributed by atoms with Gasteiger partial charge >= 0.3 is 6.61 Å². The molecule has 0 saturated carbocycles. The van der Waals surface area contributed by atoms with Gasteiger partial charge < -0.3 is 4.74 Å². The summed E-state index contributed by atoms with van der Waals surface area (Å²) in [5.74, 6) is 0.103. The van der Waals surface area contributed by atoms with Crippen LogP contribution >= 0.6 is 0 Å². The third kappa shape index (κ3) is 4.54. The Labute approximate surface area is 100 Å². The van der Waals surface area contributed by atoms with E-state index >= 15 is 0 Å². The molecule has 0 N–H and O–H groups in total. The minimum Gasteiger partial charge on any atom is -0.417 e. The Hall–Kier alpha value is -1.39. The number of ether oxygens (including phenoxy) is 1.